The summed E-state index contributed by atoms with van der Waals surface area (Å²) in [6.45, 7) is 4.32. The molecule has 2 heterocycles. The van der Waals surface area contributed by atoms with Crippen LogP contribution in [-0.4, -0.2) is 124 Å². The van der Waals surface area contributed by atoms with Crippen molar-refractivity contribution < 1.29 is 9.59 Å². The van der Waals surface area contributed by atoms with Gasteiger partial charge in [-0.2, -0.15) is 0 Å². The number of carbonyl (C=O) groups excluding carboxylic acids is 2. The minimum absolute atomic E-state index is 0. The number of nitrogens with one attached hydrogen (secondary N) is 6. The number of rotatable bonds is 16. The van der Waals surface area contributed by atoms with E-state index in [0.29, 0.717) is 107 Å². The SMILES string of the molecule is CN(C)CCNC(=O)c1ccc2[nH]c3ccccc3c(=O)c2c1NCCN(C)CCNc1c(C(=O)NCCN(C)C)ccc2[nH]c3ccccc3c(=O)c12.Cl.Cl.Cl. The third kappa shape index (κ3) is 10.7. The number of aromatic amines is 2. The van der Waals surface area contributed by atoms with Crippen molar-refractivity contribution in [3.63, 3.8) is 0 Å². The van der Waals surface area contributed by atoms with Gasteiger partial charge in [-0.25, -0.2) is 0 Å². The van der Waals surface area contributed by atoms with Gasteiger partial charge < -0.3 is 45.9 Å². The van der Waals surface area contributed by atoms with Crippen LogP contribution in [0.3, 0.4) is 0 Å². The fourth-order valence-corrected chi connectivity index (χ4v) is 6.60. The number of aromatic nitrogens is 2. The second-order valence-corrected chi connectivity index (χ2v) is 14.1. The van der Waals surface area contributed by atoms with Crippen LogP contribution in [0.15, 0.2) is 82.4 Å². The number of halogens is 3. The molecule has 0 aliphatic carbocycles. The Morgan fingerprint density at radius 2 is 0.895 bits per heavy atom. The predicted molar refractivity (Wildman–Crippen MR) is 242 cm³/mol. The standard InChI is InChI=1S/C41H49N9O4.3ClH/c1-48(2)22-18-44-40(53)28-14-16-32-34(38(51)26-10-6-8-12-30(26)46-32)36(28)42-20-24-50(5)25-21-43-37-29(41(54)45-19-23-49(3)4)15-17-33-35(37)39(52)27-11-7-9-13-31(27)47-33;;;/h6-17,42-43H,18-25H2,1-5H3,(H,44,53)(H,45,54)(H,46,51)(H,47,52);3*1H. The molecule has 0 saturated carbocycles. The molecule has 2 aromatic heterocycles. The van der Waals surface area contributed by atoms with E-state index in [9.17, 15) is 19.2 Å². The number of benzene rings is 4. The minimum Gasteiger partial charge on any atom is -0.382 e. The summed E-state index contributed by atoms with van der Waals surface area (Å²) in [4.78, 5) is 67.4. The lowest BCUT2D eigenvalue weighted by atomic mass is 10.0. The van der Waals surface area contributed by atoms with Gasteiger partial charge in [0.05, 0.1) is 44.3 Å². The summed E-state index contributed by atoms with van der Waals surface area (Å²) in [7, 11) is 9.74. The van der Waals surface area contributed by atoms with E-state index < -0.39 is 0 Å². The maximum absolute atomic E-state index is 13.8. The summed E-state index contributed by atoms with van der Waals surface area (Å²) < 4.78 is 0. The number of carbonyl (C=O) groups is 2. The van der Waals surface area contributed by atoms with Crippen molar-refractivity contribution in [2.24, 2.45) is 0 Å². The number of pyridine rings is 2. The van der Waals surface area contributed by atoms with Crippen molar-refractivity contribution in [1.82, 2.24) is 35.3 Å². The second-order valence-electron chi connectivity index (χ2n) is 14.1. The number of anilines is 2. The van der Waals surface area contributed by atoms with Crippen molar-refractivity contribution in [2.75, 3.05) is 98.2 Å². The first kappa shape index (κ1) is 46.5. The van der Waals surface area contributed by atoms with E-state index in [4.69, 9.17) is 0 Å². The first-order valence-electron chi connectivity index (χ1n) is 18.2. The smallest absolute Gasteiger partial charge is 0.253 e. The number of hydrogen-bond acceptors (Lipinski definition) is 9. The Balaban J connectivity index is 0.00000290. The van der Waals surface area contributed by atoms with Crippen molar-refractivity contribution in [3.8, 4) is 0 Å². The maximum Gasteiger partial charge on any atom is 0.253 e. The molecule has 0 spiro atoms. The molecule has 57 heavy (non-hydrogen) atoms. The molecular weight excluding hydrogens is 789 g/mol. The van der Waals surface area contributed by atoms with Gasteiger partial charge >= 0.3 is 0 Å². The maximum atomic E-state index is 13.8. The molecule has 13 nitrogen and oxygen atoms in total. The lowest BCUT2D eigenvalue weighted by Crippen LogP contribution is -2.33. The molecule has 0 radical (unpaired) electrons. The van der Waals surface area contributed by atoms with Gasteiger partial charge in [0, 0.05) is 74.2 Å². The first-order valence-corrected chi connectivity index (χ1v) is 18.2. The van der Waals surface area contributed by atoms with E-state index in [1.165, 1.54) is 0 Å². The highest BCUT2D eigenvalue weighted by Crippen LogP contribution is 2.28. The second kappa shape index (κ2) is 21.0. The predicted octanol–water partition coefficient (Wildman–Crippen LogP) is 4.98. The molecule has 6 aromatic rings. The molecule has 0 aliphatic rings. The van der Waals surface area contributed by atoms with Gasteiger partial charge in [0.1, 0.15) is 0 Å². The van der Waals surface area contributed by atoms with E-state index in [-0.39, 0.29) is 59.9 Å². The molecule has 0 saturated heterocycles. The Labute approximate surface area is 350 Å². The highest BCUT2D eigenvalue weighted by molar-refractivity contribution is 6.11. The fraction of sp³-hybridized carbons (Fsp3) is 0.317. The molecule has 16 heteroatoms. The monoisotopic (exact) mass is 839 g/mol. The molecule has 6 rings (SSSR count). The van der Waals surface area contributed by atoms with Crippen LogP contribution < -0.4 is 32.1 Å². The number of likely N-dealkylation sites (N-methyl/N-ethyl adjacent to an activating group) is 3. The summed E-state index contributed by atoms with van der Waals surface area (Å²) in [5.41, 5.74) is 4.21. The van der Waals surface area contributed by atoms with Crippen LogP contribution in [0.4, 0.5) is 11.4 Å². The highest BCUT2D eigenvalue weighted by Gasteiger charge is 2.20. The molecule has 2 amide bonds. The average molecular weight is 841 g/mol. The van der Waals surface area contributed by atoms with Crippen LogP contribution in [0.5, 0.6) is 0 Å². The minimum atomic E-state index is -0.259. The Morgan fingerprint density at radius 3 is 1.28 bits per heavy atom. The van der Waals surface area contributed by atoms with Gasteiger partial charge in [0.2, 0.25) is 0 Å². The van der Waals surface area contributed by atoms with Crippen LogP contribution in [-0.2, 0) is 0 Å². The van der Waals surface area contributed by atoms with Crippen molar-refractivity contribution in [3.05, 3.63) is 104 Å². The lowest BCUT2D eigenvalue weighted by Gasteiger charge is -2.21. The van der Waals surface area contributed by atoms with Gasteiger partial charge in [-0.3, -0.25) is 19.2 Å². The zero-order valence-electron chi connectivity index (χ0n) is 32.8. The number of fused-ring (bicyclic) bond motifs is 4. The number of hydrogen-bond donors (Lipinski definition) is 6. The van der Waals surface area contributed by atoms with Crippen LogP contribution in [0, 0.1) is 0 Å². The quantitative estimate of drug-likeness (QED) is 0.0741. The Morgan fingerprint density at radius 1 is 0.509 bits per heavy atom. The third-order valence-corrected chi connectivity index (χ3v) is 9.52. The normalized spacial score (nSPS) is 11.1. The topological polar surface area (TPSA) is 158 Å². The van der Waals surface area contributed by atoms with Crippen LogP contribution in [0.1, 0.15) is 20.7 Å². The van der Waals surface area contributed by atoms with Gasteiger partial charge in [-0.05, 0) is 83.8 Å². The number of amides is 2. The summed E-state index contributed by atoms with van der Waals surface area (Å²) >= 11 is 0. The zero-order valence-corrected chi connectivity index (χ0v) is 35.2. The summed E-state index contributed by atoms with van der Waals surface area (Å²) in [6.07, 6.45) is 0. The molecule has 0 aliphatic heterocycles. The van der Waals surface area contributed by atoms with E-state index in [0.717, 1.165) is 11.0 Å². The van der Waals surface area contributed by atoms with Gasteiger partial charge in [0.25, 0.3) is 11.8 Å². The Bertz CT molecular complexity index is 2280. The molecule has 306 valence electrons. The van der Waals surface area contributed by atoms with Crippen molar-refractivity contribution >= 4 is 104 Å². The van der Waals surface area contributed by atoms with Crippen LogP contribution >= 0.6 is 37.2 Å². The van der Waals surface area contributed by atoms with E-state index in [1.807, 2.05) is 81.4 Å². The molecule has 0 fully saturated rings. The van der Waals surface area contributed by atoms with Crippen LogP contribution in [0.25, 0.3) is 43.6 Å². The van der Waals surface area contributed by atoms with E-state index in [2.05, 4.69) is 36.1 Å². The van der Waals surface area contributed by atoms with Gasteiger partial charge in [-0.1, -0.05) is 24.3 Å². The molecule has 4 aromatic carbocycles. The number of H-pyrrole nitrogens is 2. The zero-order chi connectivity index (χ0) is 38.4. The summed E-state index contributed by atoms with van der Waals surface area (Å²) in [6, 6.07) is 21.8. The van der Waals surface area contributed by atoms with Crippen LogP contribution in [0.2, 0.25) is 0 Å². The Kier molecular flexibility index (Phi) is 17.2. The highest BCUT2D eigenvalue weighted by atomic mass is 35.5. The Hall–Kier alpha value is -4.89. The van der Waals surface area contributed by atoms with Gasteiger partial charge in [-0.15, -0.1) is 37.2 Å². The van der Waals surface area contributed by atoms with Crippen molar-refractivity contribution in [2.45, 2.75) is 0 Å². The summed E-state index contributed by atoms with van der Waals surface area (Å²) in [5.74, 6) is -0.517. The fourth-order valence-electron chi connectivity index (χ4n) is 6.60. The first-order chi connectivity index (χ1) is 26.0. The average Bonchev–Trinajstić information content (AvgIpc) is 3.14. The van der Waals surface area contributed by atoms with Crippen molar-refractivity contribution in [1.29, 1.82) is 0 Å². The van der Waals surface area contributed by atoms with Gasteiger partial charge in [0.15, 0.2) is 10.9 Å². The number of para-hydroxylation sites is 2. The third-order valence-electron chi connectivity index (χ3n) is 9.52. The summed E-state index contributed by atoms with van der Waals surface area (Å²) in [5, 5.41) is 14.8. The lowest BCUT2D eigenvalue weighted by molar-refractivity contribution is 0.0943. The largest absolute Gasteiger partial charge is 0.382 e. The molecular formula is C41H52Cl3N9O4. The molecule has 0 bridgehead atoms. The molecule has 6 N–H and O–H groups in total. The van der Waals surface area contributed by atoms with E-state index >= 15 is 0 Å². The van der Waals surface area contributed by atoms with E-state index in [1.54, 1.807) is 36.4 Å². The number of nitrogens with zero attached hydrogens (tertiary/aromatic N) is 3. The molecule has 0 atom stereocenters. The molecule has 0 unspecified atom stereocenters.